The summed E-state index contributed by atoms with van der Waals surface area (Å²) in [6, 6.07) is 5.98. The second kappa shape index (κ2) is 6.57. The minimum atomic E-state index is 0.0900. The Bertz CT molecular complexity index is 443. The molecule has 0 saturated carbocycles. The van der Waals surface area contributed by atoms with E-state index in [9.17, 15) is 5.11 Å². The van der Waals surface area contributed by atoms with E-state index in [0.29, 0.717) is 0 Å². The van der Waals surface area contributed by atoms with Crippen LogP contribution in [-0.4, -0.2) is 42.9 Å². The van der Waals surface area contributed by atoms with Gasteiger partial charge in [-0.15, -0.1) is 0 Å². The molecule has 4 heteroatoms. The summed E-state index contributed by atoms with van der Waals surface area (Å²) in [7, 11) is 0. The van der Waals surface area contributed by atoms with Crippen molar-refractivity contribution in [2.24, 2.45) is 5.92 Å². The molecule has 0 aromatic heterocycles. The number of aliphatic hydroxyl groups is 1. The van der Waals surface area contributed by atoms with Gasteiger partial charge in [0.05, 0.1) is 6.61 Å². The van der Waals surface area contributed by atoms with Crippen LogP contribution in [0.4, 0.5) is 0 Å². The number of aliphatic hydroxyl groups excluding tert-OH is 1. The third-order valence-corrected chi connectivity index (χ3v) is 4.24. The maximum atomic E-state index is 9.25. The van der Waals surface area contributed by atoms with Gasteiger partial charge in [-0.1, -0.05) is 6.07 Å². The summed E-state index contributed by atoms with van der Waals surface area (Å²) in [6.45, 7) is 5.67. The highest BCUT2D eigenvalue weighted by atomic mass is 16.5. The van der Waals surface area contributed by atoms with Crippen molar-refractivity contribution in [1.82, 2.24) is 4.90 Å². The summed E-state index contributed by atoms with van der Waals surface area (Å²) in [5, 5.41) is 9.25. The lowest BCUT2D eigenvalue weighted by Crippen LogP contribution is -2.28. The number of ether oxygens (including phenoxy) is 2. The average Bonchev–Trinajstić information content (AvgIpc) is 2.91. The van der Waals surface area contributed by atoms with Crippen LogP contribution in [0.2, 0.25) is 0 Å². The number of fused-ring (bicyclic) bond motifs is 1. The largest absolute Gasteiger partial charge is 0.492 e. The third kappa shape index (κ3) is 3.32. The van der Waals surface area contributed by atoms with Gasteiger partial charge in [-0.05, 0) is 43.0 Å². The topological polar surface area (TPSA) is 41.9 Å². The second-order valence-corrected chi connectivity index (χ2v) is 5.74. The number of nitrogens with zero attached hydrogens (tertiary/aromatic N) is 1. The molecular formula is C16H23NO3. The first-order valence-corrected chi connectivity index (χ1v) is 7.50. The molecule has 110 valence electrons. The van der Waals surface area contributed by atoms with Crippen molar-refractivity contribution < 1.29 is 14.6 Å². The Morgan fingerprint density at radius 1 is 1.30 bits per heavy atom. The van der Waals surface area contributed by atoms with Crippen molar-refractivity contribution in [2.75, 3.05) is 32.9 Å². The Morgan fingerprint density at radius 3 is 3.05 bits per heavy atom. The van der Waals surface area contributed by atoms with Gasteiger partial charge in [-0.3, -0.25) is 4.90 Å². The highest BCUT2D eigenvalue weighted by molar-refractivity contribution is 5.37. The molecule has 0 bridgehead atoms. The summed E-state index contributed by atoms with van der Waals surface area (Å²) in [6.07, 6.45) is 2.41. The van der Waals surface area contributed by atoms with Crippen LogP contribution in [0.3, 0.4) is 0 Å². The average molecular weight is 277 g/mol. The predicted octanol–water partition coefficient (Wildman–Crippen LogP) is 1.80. The van der Waals surface area contributed by atoms with Gasteiger partial charge in [0.15, 0.2) is 0 Å². The first-order chi connectivity index (χ1) is 9.85. The molecule has 4 nitrogen and oxygen atoms in total. The Labute approximate surface area is 120 Å². The van der Waals surface area contributed by atoms with Crippen molar-refractivity contribution in [3.05, 3.63) is 29.3 Å². The fourth-order valence-electron chi connectivity index (χ4n) is 2.97. The van der Waals surface area contributed by atoms with E-state index < -0.39 is 0 Å². The molecule has 3 rings (SSSR count). The molecule has 2 aliphatic heterocycles. The summed E-state index contributed by atoms with van der Waals surface area (Å²) in [5.41, 5.74) is 2.15. The van der Waals surface area contributed by atoms with E-state index in [1.807, 2.05) is 12.1 Å². The van der Waals surface area contributed by atoms with E-state index in [2.05, 4.69) is 11.0 Å². The first kappa shape index (κ1) is 13.9. The first-order valence-electron chi connectivity index (χ1n) is 7.50. The van der Waals surface area contributed by atoms with Gasteiger partial charge in [-0.25, -0.2) is 0 Å². The zero-order valence-corrected chi connectivity index (χ0v) is 11.9. The van der Waals surface area contributed by atoms with E-state index in [0.717, 1.165) is 56.7 Å². The third-order valence-electron chi connectivity index (χ3n) is 4.24. The Hall–Kier alpha value is -1.10. The molecular weight excluding hydrogens is 254 g/mol. The Kier molecular flexibility index (Phi) is 4.55. The second-order valence-electron chi connectivity index (χ2n) is 5.74. The van der Waals surface area contributed by atoms with Gasteiger partial charge >= 0.3 is 0 Å². The van der Waals surface area contributed by atoms with Gasteiger partial charge in [0, 0.05) is 31.9 Å². The number of hydrogen-bond donors (Lipinski definition) is 1. The monoisotopic (exact) mass is 277 g/mol. The van der Waals surface area contributed by atoms with Gasteiger partial charge in [0.2, 0.25) is 0 Å². The van der Waals surface area contributed by atoms with E-state index >= 15 is 0 Å². The SMILES string of the molecule is OCc1ccc2c(c1)CN(CC[C@H]1CCOC1)CCO2. The van der Waals surface area contributed by atoms with Gasteiger partial charge in [0.25, 0.3) is 0 Å². The standard InChI is InChI=1S/C16H23NO3/c18-11-14-1-2-16-15(9-14)10-17(6-8-20-16)5-3-13-4-7-19-12-13/h1-2,9,13,18H,3-8,10-12H2/t13-/m0/s1. The molecule has 2 aliphatic rings. The molecule has 0 spiro atoms. The smallest absolute Gasteiger partial charge is 0.123 e. The molecule has 1 atom stereocenters. The number of rotatable bonds is 4. The molecule has 1 N–H and O–H groups in total. The van der Waals surface area contributed by atoms with E-state index in [1.54, 1.807) is 0 Å². The highest BCUT2D eigenvalue weighted by Gasteiger charge is 2.19. The molecule has 1 saturated heterocycles. The van der Waals surface area contributed by atoms with Crippen molar-refractivity contribution in [1.29, 1.82) is 0 Å². The minimum absolute atomic E-state index is 0.0900. The van der Waals surface area contributed by atoms with Crippen molar-refractivity contribution in [3.63, 3.8) is 0 Å². The molecule has 20 heavy (non-hydrogen) atoms. The quantitative estimate of drug-likeness (QED) is 0.911. The van der Waals surface area contributed by atoms with Crippen molar-refractivity contribution in [2.45, 2.75) is 26.0 Å². The predicted molar refractivity (Wildman–Crippen MR) is 76.7 cm³/mol. The lowest BCUT2D eigenvalue weighted by molar-refractivity contribution is 0.174. The zero-order chi connectivity index (χ0) is 13.8. The normalized spacial score (nSPS) is 23.1. The zero-order valence-electron chi connectivity index (χ0n) is 11.9. The molecule has 1 fully saturated rings. The van der Waals surface area contributed by atoms with Crippen LogP contribution in [0.5, 0.6) is 5.75 Å². The molecule has 0 unspecified atom stereocenters. The van der Waals surface area contributed by atoms with Crippen LogP contribution >= 0.6 is 0 Å². The molecule has 0 radical (unpaired) electrons. The molecule has 0 amide bonds. The molecule has 1 aromatic carbocycles. The molecule has 0 aliphatic carbocycles. The summed E-state index contributed by atoms with van der Waals surface area (Å²) < 4.78 is 11.2. The summed E-state index contributed by atoms with van der Waals surface area (Å²) in [5.74, 6) is 1.69. The minimum Gasteiger partial charge on any atom is -0.492 e. The van der Waals surface area contributed by atoms with Gasteiger partial charge in [-0.2, -0.15) is 0 Å². The van der Waals surface area contributed by atoms with E-state index in [-0.39, 0.29) is 6.61 Å². The van der Waals surface area contributed by atoms with Gasteiger partial charge in [0.1, 0.15) is 12.4 Å². The summed E-state index contributed by atoms with van der Waals surface area (Å²) >= 11 is 0. The molecule has 2 heterocycles. The van der Waals surface area contributed by atoms with Crippen LogP contribution in [0.1, 0.15) is 24.0 Å². The lowest BCUT2D eigenvalue weighted by Gasteiger charge is -2.20. The van der Waals surface area contributed by atoms with E-state index in [4.69, 9.17) is 9.47 Å². The number of hydrogen-bond acceptors (Lipinski definition) is 4. The van der Waals surface area contributed by atoms with Crippen molar-refractivity contribution >= 4 is 0 Å². The van der Waals surface area contributed by atoms with Crippen molar-refractivity contribution in [3.8, 4) is 5.75 Å². The van der Waals surface area contributed by atoms with Crippen LogP contribution in [0.15, 0.2) is 18.2 Å². The fourth-order valence-corrected chi connectivity index (χ4v) is 2.97. The fraction of sp³-hybridized carbons (Fsp3) is 0.625. The van der Waals surface area contributed by atoms with E-state index in [1.165, 1.54) is 18.4 Å². The summed E-state index contributed by atoms with van der Waals surface area (Å²) in [4.78, 5) is 2.45. The van der Waals surface area contributed by atoms with Crippen LogP contribution < -0.4 is 4.74 Å². The molecule has 1 aromatic rings. The Balaban J connectivity index is 1.62. The van der Waals surface area contributed by atoms with Crippen LogP contribution in [-0.2, 0) is 17.9 Å². The highest BCUT2D eigenvalue weighted by Crippen LogP contribution is 2.25. The number of benzene rings is 1. The van der Waals surface area contributed by atoms with Crippen LogP contribution in [0.25, 0.3) is 0 Å². The maximum Gasteiger partial charge on any atom is 0.123 e. The van der Waals surface area contributed by atoms with Crippen LogP contribution in [0, 0.1) is 5.92 Å². The Morgan fingerprint density at radius 2 is 2.25 bits per heavy atom. The lowest BCUT2D eigenvalue weighted by atomic mass is 10.0. The maximum absolute atomic E-state index is 9.25. The van der Waals surface area contributed by atoms with Gasteiger partial charge < -0.3 is 14.6 Å².